The first-order valence-electron chi connectivity index (χ1n) is 11.7. The van der Waals surface area contributed by atoms with E-state index in [1.165, 1.54) is 0 Å². The van der Waals surface area contributed by atoms with Gasteiger partial charge in [-0.3, -0.25) is 0 Å². The van der Waals surface area contributed by atoms with E-state index in [9.17, 15) is 0 Å². The topological polar surface area (TPSA) is 55.4 Å². The zero-order valence-corrected chi connectivity index (χ0v) is 27.7. The van der Waals surface area contributed by atoms with Gasteiger partial charge in [-0.1, -0.05) is 0 Å². The Morgan fingerprint density at radius 3 is 0.467 bits per heavy atom. The molecule has 1 saturated heterocycles. The van der Waals surface area contributed by atoms with Gasteiger partial charge >= 0.3 is 0 Å². The molecule has 0 amide bonds. The molecule has 0 N–H and O–H groups in total. The van der Waals surface area contributed by atoms with Crippen molar-refractivity contribution < 1.29 is 26.6 Å². The summed E-state index contributed by atoms with van der Waals surface area (Å²) < 4.78 is 41.7. The Labute approximate surface area is 190 Å². The van der Waals surface area contributed by atoms with Crippen LogP contribution in [0.3, 0.4) is 0 Å². The largest absolute Gasteiger partial charge is 0.418 e. The van der Waals surface area contributed by atoms with E-state index in [0.29, 0.717) is 39.6 Å². The van der Waals surface area contributed by atoms with E-state index < -0.39 is 44.1 Å². The highest BCUT2D eigenvalue weighted by atomic mass is 30.2. The van der Waals surface area contributed by atoms with Crippen LogP contribution >= 0.6 is 0 Å². The summed E-state index contributed by atoms with van der Waals surface area (Å²) in [5, 5.41) is 0. The van der Waals surface area contributed by atoms with Gasteiger partial charge in [0, 0.05) is 39.6 Å². The fourth-order valence-corrected chi connectivity index (χ4v) is 204. The van der Waals surface area contributed by atoms with E-state index in [-0.39, 0.29) is 0 Å². The summed E-state index contributed by atoms with van der Waals surface area (Å²) in [7, 11) is -14.9. The minimum Gasteiger partial charge on any atom is -0.418 e. The highest BCUT2D eigenvalue weighted by Gasteiger charge is 2.92. The van der Waals surface area contributed by atoms with Gasteiger partial charge in [-0.15, -0.1) is 0 Å². The molecule has 30 heavy (non-hydrogen) atoms. The molecule has 6 nitrogen and oxygen atoms in total. The lowest BCUT2D eigenvalue weighted by Gasteiger charge is -2.69. The average Bonchev–Trinajstić information content (AvgIpc) is 2.67. The van der Waals surface area contributed by atoms with Gasteiger partial charge in [0.15, 0.2) is 0 Å². The molecule has 0 atom stereocenters. The summed E-state index contributed by atoms with van der Waals surface area (Å²) in [5.74, 6) is 0. The maximum absolute atomic E-state index is 6.95. The maximum Gasteiger partial charge on any atom is 0.226 e. The quantitative estimate of drug-likeness (QED) is 0.355. The van der Waals surface area contributed by atoms with Crippen LogP contribution in [0.2, 0.25) is 39.3 Å². The van der Waals surface area contributed by atoms with Crippen molar-refractivity contribution in [2.75, 3.05) is 39.6 Å². The van der Waals surface area contributed by atoms with E-state index >= 15 is 0 Å². The fourth-order valence-electron chi connectivity index (χ4n) is 6.12. The van der Waals surface area contributed by atoms with Gasteiger partial charge in [0.25, 0.3) is 0 Å². The maximum atomic E-state index is 6.95. The predicted molar refractivity (Wildman–Crippen MR) is 139 cm³/mol. The van der Waals surface area contributed by atoms with Crippen molar-refractivity contribution in [3.8, 4) is 0 Å². The summed E-state index contributed by atoms with van der Waals surface area (Å²) >= 11 is 0. The van der Waals surface area contributed by atoms with Crippen LogP contribution in [0.5, 0.6) is 0 Å². The van der Waals surface area contributed by atoms with Crippen LogP contribution in [0.4, 0.5) is 0 Å². The van der Waals surface area contributed by atoms with Crippen molar-refractivity contribution in [3.05, 3.63) is 0 Å². The molecule has 0 saturated carbocycles. The number of rotatable bonds is 12. The third-order valence-electron chi connectivity index (χ3n) is 8.06. The van der Waals surface area contributed by atoms with Crippen molar-refractivity contribution in [3.63, 3.8) is 0 Å². The summed E-state index contributed by atoms with van der Waals surface area (Å²) in [6.07, 6.45) is 0. The second-order valence-electron chi connectivity index (χ2n) is 8.80. The first-order valence-corrected chi connectivity index (χ1v) is 32.1. The summed E-state index contributed by atoms with van der Waals surface area (Å²) in [5.41, 5.74) is 0. The van der Waals surface area contributed by atoms with Gasteiger partial charge < -0.3 is 26.6 Å². The summed E-state index contributed by atoms with van der Waals surface area (Å²) in [6, 6.07) is 0. The molecular formula is C18H48O6Si6. The SMILES string of the molecule is CCO[Si]1(C)[Si](C)(OCC)[Si](C)(OCC)[Si](C)(OCC)[Si](C)(OCC)[Si]1(C)OCC. The molecule has 0 aliphatic carbocycles. The van der Waals surface area contributed by atoms with Crippen LogP contribution in [-0.4, -0.2) is 83.8 Å². The molecule has 12 heteroatoms. The lowest BCUT2D eigenvalue weighted by atomic mass is 10.9. The second kappa shape index (κ2) is 10.5. The van der Waals surface area contributed by atoms with Gasteiger partial charge in [0.2, 0.25) is 44.1 Å². The standard InChI is InChI=1S/C18H48O6Si6/c1-13-19-25(7)26(8,20-14-2)28(10,22-16-4)30(12,24-18-6)29(11,23-17-5)27(25,9)21-15-3/h13-18H2,1-12H3. The molecule has 0 spiro atoms. The smallest absolute Gasteiger partial charge is 0.226 e. The molecule has 1 aliphatic rings. The predicted octanol–water partition coefficient (Wildman–Crippen LogP) is 4.14. The van der Waals surface area contributed by atoms with Gasteiger partial charge in [-0.05, 0) is 80.8 Å². The van der Waals surface area contributed by atoms with Crippen LogP contribution in [-0.2, 0) is 26.6 Å². The van der Waals surface area contributed by atoms with Crippen molar-refractivity contribution in [1.29, 1.82) is 0 Å². The van der Waals surface area contributed by atoms with E-state index in [0.717, 1.165) is 0 Å². The number of hydrogen-bond donors (Lipinski definition) is 0. The minimum atomic E-state index is -2.49. The molecule has 0 bridgehead atoms. The van der Waals surface area contributed by atoms with Crippen molar-refractivity contribution in [1.82, 2.24) is 0 Å². The third kappa shape index (κ3) is 3.66. The molecule has 0 aromatic rings. The summed E-state index contributed by atoms with van der Waals surface area (Å²) in [4.78, 5) is 0. The minimum absolute atomic E-state index is 0.689. The van der Waals surface area contributed by atoms with Gasteiger partial charge in [0.1, 0.15) is 0 Å². The molecule has 0 radical (unpaired) electrons. The molecule has 1 fully saturated rings. The molecule has 0 unspecified atom stereocenters. The van der Waals surface area contributed by atoms with Crippen molar-refractivity contribution >= 4 is 44.1 Å². The highest BCUT2D eigenvalue weighted by molar-refractivity contribution is 8.09. The molecule has 1 aliphatic heterocycles. The lowest BCUT2D eigenvalue weighted by molar-refractivity contribution is 0.269. The van der Waals surface area contributed by atoms with Crippen LogP contribution in [0, 0.1) is 0 Å². The zero-order chi connectivity index (χ0) is 23.5. The van der Waals surface area contributed by atoms with Crippen LogP contribution in [0.15, 0.2) is 0 Å². The summed E-state index contributed by atoms with van der Waals surface area (Å²) in [6.45, 7) is 31.4. The molecule has 180 valence electrons. The van der Waals surface area contributed by atoms with E-state index in [1.54, 1.807) is 0 Å². The molecule has 1 rings (SSSR count). The molecular weight excluding hydrogens is 481 g/mol. The first-order chi connectivity index (χ1) is 13.9. The Hall–Kier alpha value is 1.06. The van der Waals surface area contributed by atoms with Crippen molar-refractivity contribution in [2.45, 2.75) is 80.8 Å². The van der Waals surface area contributed by atoms with Crippen LogP contribution in [0.25, 0.3) is 0 Å². The first kappa shape index (κ1) is 29.1. The van der Waals surface area contributed by atoms with Gasteiger partial charge in [-0.2, -0.15) is 0 Å². The van der Waals surface area contributed by atoms with Crippen molar-refractivity contribution in [2.24, 2.45) is 0 Å². The van der Waals surface area contributed by atoms with Gasteiger partial charge in [0.05, 0.1) is 0 Å². The zero-order valence-electron chi connectivity index (χ0n) is 21.7. The van der Waals surface area contributed by atoms with Crippen LogP contribution < -0.4 is 0 Å². The number of hydrogen-bond acceptors (Lipinski definition) is 6. The van der Waals surface area contributed by atoms with E-state index in [2.05, 4.69) is 80.8 Å². The van der Waals surface area contributed by atoms with Crippen LogP contribution in [0.1, 0.15) is 41.5 Å². The highest BCUT2D eigenvalue weighted by Crippen LogP contribution is 2.53. The molecule has 1 heterocycles. The Bertz CT molecular complexity index is 429. The lowest BCUT2D eigenvalue weighted by Crippen LogP contribution is -3.07. The normalized spacial score (nSPS) is 44.4. The Kier molecular flexibility index (Phi) is 10.2. The Balaban J connectivity index is 4.18. The van der Waals surface area contributed by atoms with Gasteiger partial charge in [-0.25, -0.2) is 0 Å². The monoisotopic (exact) mass is 528 g/mol. The van der Waals surface area contributed by atoms with E-state index in [4.69, 9.17) is 26.6 Å². The third-order valence-corrected chi connectivity index (χ3v) is 127. The molecule has 0 aromatic heterocycles. The second-order valence-corrected chi connectivity index (χ2v) is 66.3. The average molecular weight is 529 g/mol. The molecule has 0 aromatic carbocycles. The Morgan fingerprint density at radius 2 is 0.400 bits per heavy atom. The van der Waals surface area contributed by atoms with E-state index in [1.807, 2.05) is 0 Å². The Morgan fingerprint density at radius 1 is 0.300 bits per heavy atom. The fraction of sp³-hybridized carbons (Fsp3) is 1.00.